The van der Waals surface area contributed by atoms with Crippen LogP contribution < -0.4 is 10.2 Å². The first-order valence-electron chi connectivity index (χ1n) is 13.1. The third-order valence-corrected chi connectivity index (χ3v) is 9.08. The van der Waals surface area contributed by atoms with Gasteiger partial charge in [-0.2, -0.15) is 0 Å². The van der Waals surface area contributed by atoms with Gasteiger partial charge in [0.15, 0.2) is 9.84 Å². The molecule has 1 saturated heterocycles. The Morgan fingerprint density at radius 3 is 2.82 bits per heavy atom. The third-order valence-electron chi connectivity index (χ3n) is 7.32. The van der Waals surface area contributed by atoms with Crippen molar-refractivity contribution in [1.82, 2.24) is 20.3 Å². The first-order chi connectivity index (χ1) is 18.9. The molecule has 1 atom stereocenters. The highest BCUT2D eigenvalue weighted by molar-refractivity contribution is 7.91. The lowest BCUT2D eigenvalue weighted by atomic mass is 10.1. The monoisotopic (exact) mass is 543 g/mol. The number of nitrogens with zero attached hydrogens (tertiary/aromatic N) is 4. The zero-order valence-electron chi connectivity index (χ0n) is 21.6. The van der Waals surface area contributed by atoms with Crippen molar-refractivity contribution in [1.29, 1.82) is 0 Å². The topological polar surface area (TPSA) is 114 Å². The van der Waals surface area contributed by atoms with Gasteiger partial charge in [0.25, 0.3) is 5.91 Å². The molecule has 2 aliphatic heterocycles. The number of fused-ring (bicyclic) bond motifs is 2. The average Bonchev–Trinajstić information content (AvgIpc) is 3.32. The maximum Gasteiger partial charge on any atom is 0.251 e. The standard InChI is InChI=1S/C29H29N5O4S/c1-19-4-3-11-34(19)28-6-2-5-24(33-28)25-10-9-21-16-30-23(15-26(21)32-25)17-31-29(35)20-7-8-22-18-38-12-13-39(36,37)27(22)14-20/h2,5-10,14-16,19H,3-4,11-13,17-18H2,1H3,(H,31,35)/t19-/m0/s1. The highest BCUT2D eigenvalue weighted by Gasteiger charge is 2.24. The molecule has 1 fully saturated rings. The van der Waals surface area contributed by atoms with Crippen molar-refractivity contribution in [3.05, 3.63) is 77.6 Å². The van der Waals surface area contributed by atoms with E-state index < -0.39 is 9.84 Å². The van der Waals surface area contributed by atoms with Gasteiger partial charge in [0.05, 0.1) is 53.0 Å². The van der Waals surface area contributed by atoms with Gasteiger partial charge in [-0.15, -0.1) is 0 Å². The number of benzene rings is 1. The molecular formula is C29H29N5O4S. The molecule has 9 nitrogen and oxygen atoms in total. The Morgan fingerprint density at radius 1 is 1.10 bits per heavy atom. The van der Waals surface area contributed by atoms with Crippen molar-refractivity contribution in [3.63, 3.8) is 0 Å². The summed E-state index contributed by atoms with van der Waals surface area (Å²) in [5.41, 5.74) is 3.82. The molecule has 2 aliphatic rings. The van der Waals surface area contributed by atoms with Crippen LogP contribution in [-0.2, 0) is 27.7 Å². The van der Waals surface area contributed by atoms with E-state index >= 15 is 0 Å². The molecule has 0 aliphatic carbocycles. The Labute approximate surface area is 227 Å². The lowest BCUT2D eigenvalue weighted by Crippen LogP contribution is -2.27. The lowest BCUT2D eigenvalue weighted by Gasteiger charge is -2.22. The summed E-state index contributed by atoms with van der Waals surface area (Å²) in [6.45, 7) is 3.77. The number of carbonyl (C=O) groups excluding carboxylic acids is 1. The van der Waals surface area contributed by atoms with Crippen molar-refractivity contribution in [2.24, 2.45) is 0 Å². The Bertz CT molecular complexity index is 1670. The van der Waals surface area contributed by atoms with Gasteiger partial charge in [-0.05, 0) is 67.8 Å². The molecular weight excluding hydrogens is 514 g/mol. The Morgan fingerprint density at radius 2 is 1.97 bits per heavy atom. The number of hydrogen-bond donors (Lipinski definition) is 1. The first kappa shape index (κ1) is 25.4. The van der Waals surface area contributed by atoms with Gasteiger partial charge >= 0.3 is 0 Å². The Kier molecular flexibility index (Phi) is 6.74. The molecule has 1 amide bonds. The van der Waals surface area contributed by atoms with E-state index in [-0.39, 0.29) is 41.9 Å². The molecule has 39 heavy (non-hydrogen) atoms. The Balaban J connectivity index is 1.20. The van der Waals surface area contributed by atoms with Crippen molar-refractivity contribution < 1.29 is 17.9 Å². The number of amides is 1. The summed E-state index contributed by atoms with van der Waals surface area (Å²) >= 11 is 0. The van der Waals surface area contributed by atoms with Crippen LogP contribution in [-0.4, -0.2) is 54.2 Å². The molecule has 0 bridgehead atoms. The van der Waals surface area contributed by atoms with Crippen molar-refractivity contribution in [2.75, 3.05) is 23.8 Å². The minimum Gasteiger partial charge on any atom is -0.376 e. The van der Waals surface area contributed by atoms with Gasteiger partial charge in [-0.1, -0.05) is 12.1 Å². The number of pyridine rings is 3. The second kappa shape index (κ2) is 10.3. The zero-order chi connectivity index (χ0) is 27.0. The van der Waals surface area contributed by atoms with E-state index in [1.54, 1.807) is 18.3 Å². The normalized spacial score (nSPS) is 18.5. The highest BCUT2D eigenvalue weighted by Crippen LogP contribution is 2.27. The second-order valence-corrected chi connectivity index (χ2v) is 12.1. The maximum atomic E-state index is 12.9. The number of hydrogen-bond acceptors (Lipinski definition) is 8. The molecule has 1 N–H and O–H groups in total. The Hall–Kier alpha value is -3.89. The molecule has 0 spiro atoms. The van der Waals surface area contributed by atoms with Gasteiger partial charge in [-0.3, -0.25) is 9.78 Å². The second-order valence-electron chi connectivity index (χ2n) is 10.0. The minimum atomic E-state index is -3.50. The predicted molar refractivity (Wildman–Crippen MR) is 148 cm³/mol. The van der Waals surface area contributed by atoms with E-state index in [4.69, 9.17) is 14.7 Å². The number of nitrogens with one attached hydrogen (secondary N) is 1. The van der Waals surface area contributed by atoms with Crippen LogP contribution in [0.2, 0.25) is 0 Å². The minimum absolute atomic E-state index is 0.0989. The third kappa shape index (κ3) is 5.22. The summed E-state index contributed by atoms with van der Waals surface area (Å²) < 4.78 is 30.5. The SMILES string of the molecule is C[C@H]1CCCN1c1cccc(-c2ccc3cnc(CNC(=O)c4ccc5c(c4)S(=O)(=O)CCOC5)cc3n2)n1. The van der Waals surface area contributed by atoms with Crippen molar-refractivity contribution in [2.45, 2.75) is 43.9 Å². The smallest absolute Gasteiger partial charge is 0.251 e. The number of carbonyl (C=O) groups is 1. The van der Waals surface area contributed by atoms with E-state index in [0.717, 1.165) is 34.7 Å². The van der Waals surface area contributed by atoms with Crippen LogP contribution in [0.4, 0.5) is 5.82 Å². The fourth-order valence-electron chi connectivity index (χ4n) is 5.13. The molecule has 200 valence electrons. The predicted octanol–water partition coefficient (Wildman–Crippen LogP) is 3.91. The molecule has 5 heterocycles. The fraction of sp³-hybridized carbons (Fsp3) is 0.310. The van der Waals surface area contributed by atoms with Gasteiger partial charge in [-0.25, -0.2) is 18.4 Å². The maximum absolute atomic E-state index is 12.9. The van der Waals surface area contributed by atoms with Gasteiger partial charge in [0, 0.05) is 29.7 Å². The molecule has 1 aromatic carbocycles. The van der Waals surface area contributed by atoms with Crippen LogP contribution in [0.1, 0.15) is 41.4 Å². The molecule has 3 aromatic heterocycles. The average molecular weight is 544 g/mol. The number of sulfone groups is 1. The summed E-state index contributed by atoms with van der Waals surface area (Å²) in [7, 11) is -3.50. The van der Waals surface area contributed by atoms with Gasteiger partial charge in [0.1, 0.15) is 5.82 Å². The van der Waals surface area contributed by atoms with Crippen LogP contribution in [0.5, 0.6) is 0 Å². The fourth-order valence-corrected chi connectivity index (χ4v) is 6.53. The number of aromatic nitrogens is 3. The number of ether oxygens (including phenoxy) is 1. The van der Waals surface area contributed by atoms with Crippen LogP contribution in [0, 0.1) is 0 Å². The first-order valence-corrected chi connectivity index (χ1v) is 14.7. The summed E-state index contributed by atoms with van der Waals surface area (Å²) in [5.74, 6) is 0.493. The van der Waals surface area contributed by atoms with E-state index in [9.17, 15) is 13.2 Å². The number of anilines is 1. The van der Waals surface area contributed by atoms with Crippen molar-refractivity contribution >= 4 is 32.5 Å². The zero-order valence-corrected chi connectivity index (χ0v) is 22.4. The van der Waals surface area contributed by atoms with Crippen LogP contribution in [0.25, 0.3) is 22.3 Å². The summed E-state index contributed by atoms with van der Waals surface area (Å²) in [6.07, 6.45) is 4.08. The van der Waals surface area contributed by atoms with Crippen LogP contribution >= 0.6 is 0 Å². The van der Waals surface area contributed by atoms with Gasteiger partial charge in [0.2, 0.25) is 0 Å². The van der Waals surface area contributed by atoms with E-state index in [0.29, 0.717) is 17.3 Å². The summed E-state index contributed by atoms with van der Waals surface area (Å²) in [5, 5.41) is 3.73. The molecule has 10 heteroatoms. The molecule has 0 unspecified atom stereocenters. The summed E-state index contributed by atoms with van der Waals surface area (Å²) in [6, 6.07) is 17.0. The highest BCUT2D eigenvalue weighted by atomic mass is 32.2. The molecule has 0 saturated carbocycles. The quantitative estimate of drug-likeness (QED) is 0.403. The van der Waals surface area contributed by atoms with Crippen molar-refractivity contribution in [3.8, 4) is 11.4 Å². The molecule has 4 aromatic rings. The molecule has 6 rings (SSSR count). The van der Waals surface area contributed by atoms with Crippen LogP contribution in [0.3, 0.4) is 0 Å². The summed E-state index contributed by atoms with van der Waals surface area (Å²) in [4.78, 5) is 29.6. The van der Waals surface area contributed by atoms with E-state index in [1.165, 1.54) is 18.9 Å². The largest absolute Gasteiger partial charge is 0.376 e. The number of rotatable bonds is 5. The van der Waals surface area contributed by atoms with E-state index in [1.807, 2.05) is 36.4 Å². The van der Waals surface area contributed by atoms with Crippen LogP contribution in [0.15, 0.2) is 65.7 Å². The molecule has 0 radical (unpaired) electrons. The lowest BCUT2D eigenvalue weighted by molar-refractivity contribution is 0.0950. The van der Waals surface area contributed by atoms with E-state index in [2.05, 4.69) is 22.1 Å². The van der Waals surface area contributed by atoms with Gasteiger partial charge < -0.3 is 15.0 Å².